The van der Waals surface area contributed by atoms with E-state index in [0.29, 0.717) is 6.61 Å². The summed E-state index contributed by atoms with van der Waals surface area (Å²) >= 11 is 3.48. The molecule has 0 spiro atoms. The first-order chi connectivity index (χ1) is 9.25. The van der Waals surface area contributed by atoms with Crippen LogP contribution in [0.25, 0.3) is 0 Å². The summed E-state index contributed by atoms with van der Waals surface area (Å²) in [6, 6.07) is 15.6. The van der Waals surface area contributed by atoms with Crippen LogP contribution >= 0.6 is 15.9 Å². The van der Waals surface area contributed by atoms with Crippen LogP contribution in [0.3, 0.4) is 0 Å². The van der Waals surface area contributed by atoms with Gasteiger partial charge in [-0.15, -0.1) is 0 Å². The zero-order valence-electron chi connectivity index (χ0n) is 10.6. The van der Waals surface area contributed by atoms with Crippen molar-refractivity contribution in [3.05, 3.63) is 53.0 Å². The average Bonchev–Trinajstić information content (AvgIpc) is 2.42. The number of hydrogen-bond donors (Lipinski definition) is 2. The highest BCUT2D eigenvalue weighted by Gasteiger charge is 1.99. The van der Waals surface area contributed by atoms with E-state index in [9.17, 15) is 0 Å². The maximum Gasteiger partial charge on any atom is 0.119 e. The lowest BCUT2D eigenvalue weighted by Gasteiger charge is -2.10. The summed E-state index contributed by atoms with van der Waals surface area (Å²) in [7, 11) is 0. The molecule has 0 saturated carbocycles. The molecule has 3 nitrogen and oxygen atoms in total. The fraction of sp³-hybridized carbons (Fsp3) is 0.200. The third kappa shape index (κ3) is 4.48. The second kappa shape index (κ2) is 7.04. The Balaban J connectivity index is 1.69. The number of halogens is 1. The third-order valence-corrected chi connectivity index (χ3v) is 3.30. The normalized spacial score (nSPS) is 10.2. The fourth-order valence-corrected chi connectivity index (χ4v) is 2.21. The molecule has 100 valence electrons. The molecule has 0 heterocycles. The number of ether oxygens (including phenoxy) is 1. The standard InChI is InChI=1S/C15H17BrN2O/c16-14-11-12(17)7-8-15(14)18-9-4-10-19-13-5-2-1-3-6-13/h1-3,5-8,11,18H,4,9-10,17H2. The molecule has 0 radical (unpaired) electrons. The third-order valence-electron chi connectivity index (χ3n) is 2.64. The van der Waals surface area contributed by atoms with Gasteiger partial charge in [0.15, 0.2) is 0 Å². The minimum atomic E-state index is 0.698. The first kappa shape index (κ1) is 13.7. The number of nitrogen functional groups attached to an aromatic ring is 1. The number of rotatable bonds is 6. The molecular formula is C15H17BrN2O. The van der Waals surface area contributed by atoms with Gasteiger partial charge in [0.2, 0.25) is 0 Å². The lowest BCUT2D eigenvalue weighted by atomic mass is 10.3. The summed E-state index contributed by atoms with van der Waals surface area (Å²) in [5.74, 6) is 0.913. The van der Waals surface area contributed by atoms with Crippen LogP contribution in [0.5, 0.6) is 5.75 Å². The van der Waals surface area contributed by atoms with Crippen molar-refractivity contribution in [1.29, 1.82) is 0 Å². The van der Waals surface area contributed by atoms with Crippen molar-refractivity contribution >= 4 is 27.3 Å². The van der Waals surface area contributed by atoms with Gasteiger partial charge in [0, 0.05) is 22.4 Å². The number of benzene rings is 2. The molecule has 0 aliphatic rings. The number of anilines is 2. The Kier molecular flexibility index (Phi) is 5.10. The molecule has 2 aromatic carbocycles. The Morgan fingerprint density at radius 1 is 1.11 bits per heavy atom. The zero-order chi connectivity index (χ0) is 13.5. The summed E-state index contributed by atoms with van der Waals surface area (Å²) in [6.07, 6.45) is 0.936. The van der Waals surface area contributed by atoms with Gasteiger partial charge in [-0.05, 0) is 52.7 Å². The van der Waals surface area contributed by atoms with Crippen LogP contribution in [0.2, 0.25) is 0 Å². The molecule has 0 aliphatic carbocycles. The Hall–Kier alpha value is -1.68. The van der Waals surface area contributed by atoms with Gasteiger partial charge in [0.05, 0.1) is 6.61 Å². The lowest BCUT2D eigenvalue weighted by molar-refractivity contribution is 0.315. The van der Waals surface area contributed by atoms with Crippen molar-refractivity contribution in [2.45, 2.75) is 6.42 Å². The monoisotopic (exact) mass is 320 g/mol. The quantitative estimate of drug-likeness (QED) is 0.626. The van der Waals surface area contributed by atoms with Crippen molar-refractivity contribution < 1.29 is 4.74 Å². The van der Waals surface area contributed by atoms with Crippen molar-refractivity contribution in [1.82, 2.24) is 0 Å². The molecule has 3 N–H and O–H groups in total. The van der Waals surface area contributed by atoms with E-state index >= 15 is 0 Å². The maximum absolute atomic E-state index is 5.69. The van der Waals surface area contributed by atoms with E-state index in [2.05, 4.69) is 21.2 Å². The van der Waals surface area contributed by atoms with Gasteiger partial charge in [-0.25, -0.2) is 0 Å². The van der Waals surface area contributed by atoms with Gasteiger partial charge >= 0.3 is 0 Å². The Bertz CT molecular complexity index is 517. The van der Waals surface area contributed by atoms with E-state index in [1.54, 1.807) is 0 Å². The number of nitrogens with two attached hydrogens (primary N) is 1. The van der Waals surface area contributed by atoms with E-state index in [1.807, 2.05) is 48.5 Å². The zero-order valence-corrected chi connectivity index (χ0v) is 12.2. The minimum Gasteiger partial charge on any atom is -0.494 e. The average molecular weight is 321 g/mol. The SMILES string of the molecule is Nc1ccc(NCCCOc2ccccc2)c(Br)c1. The predicted molar refractivity (Wildman–Crippen MR) is 83.6 cm³/mol. The maximum atomic E-state index is 5.69. The summed E-state index contributed by atoms with van der Waals surface area (Å²) in [4.78, 5) is 0. The van der Waals surface area contributed by atoms with Crippen LogP contribution in [0.1, 0.15) is 6.42 Å². The second-order valence-corrected chi connectivity index (χ2v) is 5.04. The highest BCUT2D eigenvalue weighted by Crippen LogP contribution is 2.24. The smallest absolute Gasteiger partial charge is 0.119 e. The molecule has 0 aliphatic heterocycles. The molecule has 19 heavy (non-hydrogen) atoms. The van der Waals surface area contributed by atoms with E-state index in [4.69, 9.17) is 10.5 Å². The van der Waals surface area contributed by atoms with Gasteiger partial charge in [0.25, 0.3) is 0 Å². The van der Waals surface area contributed by atoms with Crippen LogP contribution in [-0.4, -0.2) is 13.2 Å². The fourth-order valence-electron chi connectivity index (χ4n) is 1.68. The minimum absolute atomic E-state index is 0.698. The van der Waals surface area contributed by atoms with Gasteiger partial charge in [0.1, 0.15) is 5.75 Å². The highest BCUT2D eigenvalue weighted by molar-refractivity contribution is 9.10. The predicted octanol–water partition coefficient (Wildman–Crippen LogP) is 3.91. The van der Waals surface area contributed by atoms with Gasteiger partial charge < -0.3 is 15.8 Å². The number of nitrogens with one attached hydrogen (secondary N) is 1. The Morgan fingerprint density at radius 3 is 2.63 bits per heavy atom. The number of para-hydroxylation sites is 1. The van der Waals surface area contributed by atoms with E-state index < -0.39 is 0 Å². The topological polar surface area (TPSA) is 47.3 Å². The molecule has 4 heteroatoms. The van der Waals surface area contributed by atoms with Gasteiger partial charge in [-0.3, -0.25) is 0 Å². The van der Waals surface area contributed by atoms with Crippen molar-refractivity contribution in [3.63, 3.8) is 0 Å². The van der Waals surface area contributed by atoms with Crippen LogP contribution in [0, 0.1) is 0 Å². The summed E-state index contributed by atoms with van der Waals surface area (Å²) in [5, 5.41) is 3.34. The van der Waals surface area contributed by atoms with E-state index in [0.717, 1.165) is 34.6 Å². The van der Waals surface area contributed by atoms with Gasteiger partial charge in [-0.2, -0.15) is 0 Å². The largest absolute Gasteiger partial charge is 0.494 e. The summed E-state index contributed by atoms with van der Waals surface area (Å²) in [6.45, 7) is 1.55. The first-order valence-electron chi connectivity index (χ1n) is 6.22. The Morgan fingerprint density at radius 2 is 1.89 bits per heavy atom. The second-order valence-electron chi connectivity index (χ2n) is 4.18. The van der Waals surface area contributed by atoms with E-state index in [-0.39, 0.29) is 0 Å². The summed E-state index contributed by atoms with van der Waals surface area (Å²) in [5.41, 5.74) is 7.49. The van der Waals surface area contributed by atoms with Crippen molar-refractivity contribution in [2.75, 3.05) is 24.2 Å². The Labute approximate surface area is 121 Å². The van der Waals surface area contributed by atoms with Crippen LogP contribution in [0.4, 0.5) is 11.4 Å². The molecule has 0 saturated heterocycles. The van der Waals surface area contributed by atoms with E-state index in [1.165, 1.54) is 0 Å². The molecule has 2 aromatic rings. The molecule has 0 atom stereocenters. The van der Waals surface area contributed by atoms with Crippen molar-refractivity contribution in [2.24, 2.45) is 0 Å². The number of hydrogen-bond acceptors (Lipinski definition) is 3. The molecule has 2 rings (SSSR count). The van der Waals surface area contributed by atoms with Crippen LogP contribution < -0.4 is 15.8 Å². The highest BCUT2D eigenvalue weighted by atomic mass is 79.9. The molecule has 0 fully saturated rings. The van der Waals surface area contributed by atoms with Gasteiger partial charge in [-0.1, -0.05) is 18.2 Å². The summed E-state index contributed by atoms with van der Waals surface area (Å²) < 4.78 is 6.60. The molecule has 0 bridgehead atoms. The van der Waals surface area contributed by atoms with Crippen LogP contribution in [-0.2, 0) is 0 Å². The molecule has 0 amide bonds. The molecular weight excluding hydrogens is 304 g/mol. The first-order valence-corrected chi connectivity index (χ1v) is 7.02. The molecule has 0 unspecified atom stereocenters. The lowest BCUT2D eigenvalue weighted by Crippen LogP contribution is -2.07. The van der Waals surface area contributed by atoms with Crippen LogP contribution in [0.15, 0.2) is 53.0 Å². The molecule has 0 aromatic heterocycles. The van der Waals surface area contributed by atoms with Crippen molar-refractivity contribution in [3.8, 4) is 5.75 Å².